The minimum atomic E-state index is 0. The monoisotopic (exact) mass is 272 g/mol. The summed E-state index contributed by atoms with van der Waals surface area (Å²) in [7, 11) is 0. The number of H-pyrrole nitrogens is 1. The van der Waals surface area contributed by atoms with Crippen LogP contribution in [-0.4, -0.2) is 46.7 Å². The molecule has 1 fully saturated rings. The molecule has 0 spiro atoms. The van der Waals surface area contributed by atoms with E-state index >= 15 is 0 Å². The minimum absolute atomic E-state index is 0. The van der Waals surface area contributed by atoms with Gasteiger partial charge in [0.1, 0.15) is 5.69 Å². The van der Waals surface area contributed by atoms with Crippen LogP contribution in [0.4, 0.5) is 0 Å². The maximum Gasteiger partial charge on any atom is 0.274 e. The molecule has 1 aromatic heterocycles. The van der Waals surface area contributed by atoms with Gasteiger partial charge in [-0.3, -0.25) is 9.89 Å². The van der Waals surface area contributed by atoms with Crippen LogP contribution in [0.3, 0.4) is 0 Å². The highest BCUT2D eigenvalue weighted by Gasteiger charge is 2.25. The van der Waals surface area contributed by atoms with Crippen molar-refractivity contribution in [3.63, 3.8) is 0 Å². The molecule has 18 heavy (non-hydrogen) atoms. The van der Waals surface area contributed by atoms with Gasteiger partial charge in [0.15, 0.2) is 0 Å². The third-order valence-corrected chi connectivity index (χ3v) is 3.20. The quantitative estimate of drug-likeness (QED) is 0.855. The molecule has 6 heteroatoms. The van der Waals surface area contributed by atoms with Gasteiger partial charge in [-0.15, -0.1) is 12.4 Å². The van der Waals surface area contributed by atoms with Gasteiger partial charge in [0.2, 0.25) is 0 Å². The van der Waals surface area contributed by atoms with Crippen LogP contribution in [0.2, 0.25) is 0 Å². The van der Waals surface area contributed by atoms with E-state index in [9.17, 15) is 4.79 Å². The summed E-state index contributed by atoms with van der Waals surface area (Å²) in [4.78, 5) is 14.1. The summed E-state index contributed by atoms with van der Waals surface area (Å²) in [6.45, 7) is 8.68. The molecule has 2 N–H and O–H groups in total. The molecule has 0 unspecified atom stereocenters. The van der Waals surface area contributed by atoms with E-state index in [0.29, 0.717) is 11.6 Å². The molecule has 0 aromatic carbocycles. The number of hydrogen-bond donors (Lipinski definition) is 2. The zero-order valence-electron chi connectivity index (χ0n) is 11.1. The van der Waals surface area contributed by atoms with Crippen molar-refractivity contribution in [2.24, 2.45) is 0 Å². The van der Waals surface area contributed by atoms with Crippen molar-refractivity contribution in [2.75, 3.05) is 19.6 Å². The van der Waals surface area contributed by atoms with Crippen molar-refractivity contribution in [3.8, 4) is 0 Å². The first-order valence-corrected chi connectivity index (χ1v) is 6.16. The second-order valence-electron chi connectivity index (χ2n) is 4.91. The SMILES string of the molecule is CC(C)c1cc(C(=O)N2CCNC[C@@H]2C)n[nH]1.Cl. The first-order chi connectivity index (χ1) is 8.09. The van der Waals surface area contributed by atoms with Crippen LogP contribution in [0, 0.1) is 0 Å². The van der Waals surface area contributed by atoms with Crippen molar-refractivity contribution in [3.05, 3.63) is 17.5 Å². The van der Waals surface area contributed by atoms with E-state index < -0.39 is 0 Å². The number of nitrogens with one attached hydrogen (secondary N) is 2. The number of rotatable bonds is 2. The van der Waals surface area contributed by atoms with Gasteiger partial charge in [0, 0.05) is 31.4 Å². The lowest BCUT2D eigenvalue weighted by Crippen LogP contribution is -2.52. The average molecular weight is 273 g/mol. The van der Waals surface area contributed by atoms with Crippen molar-refractivity contribution < 1.29 is 4.79 Å². The molecule has 1 aromatic rings. The highest BCUT2D eigenvalue weighted by atomic mass is 35.5. The molecule has 102 valence electrons. The Balaban J connectivity index is 0.00000162. The summed E-state index contributed by atoms with van der Waals surface area (Å²) in [6.07, 6.45) is 0. The summed E-state index contributed by atoms with van der Waals surface area (Å²) >= 11 is 0. The summed E-state index contributed by atoms with van der Waals surface area (Å²) in [5, 5.41) is 10.3. The predicted octanol–water partition coefficient (Wildman–Crippen LogP) is 1.39. The number of piperazine rings is 1. The number of aromatic nitrogens is 2. The fourth-order valence-corrected chi connectivity index (χ4v) is 2.03. The first-order valence-electron chi connectivity index (χ1n) is 6.16. The van der Waals surface area contributed by atoms with E-state index in [0.717, 1.165) is 25.3 Å². The maximum atomic E-state index is 12.3. The standard InChI is InChI=1S/C12H20N4O.ClH/c1-8(2)10-6-11(15-14-10)12(17)16-5-4-13-7-9(16)3;/h6,8-9,13H,4-5,7H2,1-3H3,(H,14,15);1H/t9-;/m0./s1. The normalized spacial score (nSPS) is 19.8. The van der Waals surface area contributed by atoms with Gasteiger partial charge in [-0.05, 0) is 18.9 Å². The van der Waals surface area contributed by atoms with Crippen LogP contribution in [0.5, 0.6) is 0 Å². The number of amides is 1. The Morgan fingerprint density at radius 3 is 2.83 bits per heavy atom. The lowest BCUT2D eigenvalue weighted by atomic mass is 10.1. The number of aromatic amines is 1. The van der Waals surface area contributed by atoms with E-state index in [2.05, 4.69) is 36.3 Å². The molecule has 1 aliphatic heterocycles. The Morgan fingerprint density at radius 1 is 1.56 bits per heavy atom. The third kappa shape index (κ3) is 3.03. The molecule has 1 saturated heterocycles. The van der Waals surface area contributed by atoms with Gasteiger partial charge >= 0.3 is 0 Å². The van der Waals surface area contributed by atoms with Crippen LogP contribution in [0.25, 0.3) is 0 Å². The molecule has 2 rings (SSSR count). The summed E-state index contributed by atoms with van der Waals surface area (Å²) in [5.74, 6) is 0.395. The van der Waals surface area contributed by atoms with Crippen LogP contribution in [0.15, 0.2) is 6.07 Å². The second-order valence-corrected chi connectivity index (χ2v) is 4.91. The average Bonchev–Trinajstić information content (AvgIpc) is 2.78. The third-order valence-electron chi connectivity index (χ3n) is 3.20. The molecular formula is C12H21ClN4O. The highest BCUT2D eigenvalue weighted by molar-refractivity contribution is 5.92. The fourth-order valence-electron chi connectivity index (χ4n) is 2.03. The predicted molar refractivity (Wildman–Crippen MR) is 73.3 cm³/mol. The van der Waals surface area contributed by atoms with Crippen LogP contribution >= 0.6 is 12.4 Å². The molecule has 1 amide bonds. The minimum Gasteiger partial charge on any atom is -0.332 e. The molecule has 0 saturated carbocycles. The van der Waals surface area contributed by atoms with Gasteiger partial charge in [-0.2, -0.15) is 5.10 Å². The highest BCUT2D eigenvalue weighted by Crippen LogP contribution is 2.14. The Morgan fingerprint density at radius 2 is 2.28 bits per heavy atom. The largest absolute Gasteiger partial charge is 0.332 e. The van der Waals surface area contributed by atoms with Gasteiger partial charge in [-0.25, -0.2) is 0 Å². The van der Waals surface area contributed by atoms with Crippen molar-refractivity contribution >= 4 is 18.3 Å². The molecule has 0 bridgehead atoms. The summed E-state index contributed by atoms with van der Waals surface area (Å²) < 4.78 is 0. The lowest BCUT2D eigenvalue weighted by molar-refractivity contribution is 0.0649. The number of nitrogens with zero attached hydrogens (tertiary/aromatic N) is 2. The van der Waals surface area contributed by atoms with E-state index in [-0.39, 0.29) is 24.4 Å². The number of carbonyl (C=O) groups excluding carboxylic acids is 1. The smallest absolute Gasteiger partial charge is 0.274 e. The van der Waals surface area contributed by atoms with Crippen molar-refractivity contribution in [2.45, 2.75) is 32.7 Å². The van der Waals surface area contributed by atoms with E-state index in [1.807, 2.05) is 11.0 Å². The summed E-state index contributed by atoms with van der Waals surface area (Å²) in [6, 6.07) is 2.09. The fraction of sp³-hybridized carbons (Fsp3) is 0.667. The zero-order valence-corrected chi connectivity index (χ0v) is 11.9. The van der Waals surface area contributed by atoms with E-state index in [4.69, 9.17) is 0 Å². The Hall–Kier alpha value is -1.07. The number of hydrogen-bond acceptors (Lipinski definition) is 3. The number of halogens is 1. The zero-order chi connectivity index (χ0) is 12.4. The Kier molecular flexibility index (Phi) is 5.16. The molecular weight excluding hydrogens is 252 g/mol. The van der Waals surface area contributed by atoms with E-state index in [1.54, 1.807) is 0 Å². The van der Waals surface area contributed by atoms with Gasteiger partial charge in [-0.1, -0.05) is 13.8 Å². The molecule has 2 heterocycles. The number of carbonyl (C=O) groups is 1. The van der Waals surface area contributed by atoms with Gasteiger partial charge < -0.3 is 10.2 Å². The van der Waals surface area contributed by atoms with Crippen LogP contribution in [-0.2, 0) is 0 Å². The molecule has 0 aliphatic carbocycles. The maximum absolute atomic E-state index is 12.3. The van der Waals surface area contributed by atoms with Crippen molar-refractivity contribution in [1.29, 1.82) is 0 Å². The van der Waals surface area contributed by atoms with Gasteiger partial charge in [0.05, 0.1) is 0 Å². The lowest BCUT2D eigenvalue weighted by Gasteiger charge is -2.33. The second kappa shape index (κ2) is 6.20. The Bertz CT molecular complexity index is 405. The Labute approximate surface area is 114 Å². The topological polar surface area (TPSA) is 61.0 Å². The summed E-state index contributed by atoms with van der Waals surface area (Å²) in [5.41, 5.74) is 1.54. The first kappa shape index (κ1) is 15.0. The van der Waals surface area contributed by atoms with E-state index in [1.165, 1.54) is 0 Å². The molecule has 1 aliphatic rings. The molecule has 5 nitrogen and oxygen atoms in total. The van der Waals surface area contributed by atoms with Crippen LogP contribution < -0.4 is 5.32 Å². The molecule has 1 atom stereocenters. The van der Waals surface area contributed by atoms with Gasteiger partial charge in [0.25, 0.3) is 5.91 Å². The van der Waals surface area contributed by atoms with Crippen molar-refractivity contribution in [1.82, 2.24) is 20.4 Å². The molecule has 0 radical (unpaired) electrons. The van der Waals surface area contributed by atoms with Crippen LogP contribution in [0.1, 0.15) is 42.9 Å².